The van der Waals surface area contributed by atoms with Crippen LogP contribution in [0.3, 0.4) is 0 Å². The van der Waals surface area contributed by atoms with Gasteiger partial charge in [0.2, 0.25) is 0 Å². The number of nitrogens with two attached hydrogens (primary N) is 1. The molecule has 0 unspecified atom stereocenters. The molecular formula is C12H17FN2. The Balaban J connectivity index is 1.89. The molecule has 82 valence electrons. The minimum absolute atomic E-state index is 0.590. The first-order chi connectivity index (χ1) is 7.24. The fourth-order valence-electron chi connectivity index (χ4n) is 1.94. The van der Waals surface area contributed by atoms with Crippen LogP contribution in [0.2, 0.25) is 0 Å². The molecule has 1 aliphatic heterocycles. The lowest BCUT2D eigenvalue weighted by Crippen LogP contribution is -2.33. The highest BCUT2D eigenvalue weighted by Crippen LogP contribution is 2.16. The maximum absolute atomic E-state index is 12.9. The summed E-state index contributed by atoms with van der Waals surface area (Å²) in [4.78, 5) is 2.29. The van der Waals surface area contributed by atoms with Crippen molar-refractivity contribution < 1.29 is 4.39 Å². The minimum Gasteiger partial charge on any atom is -0.399 e. The molecule has 0 aliphatic carbocycles. The van der Waals surface area contributed by atoms with E-state index in [0.717, 1.165) is 25.3 Å². The predicted molar refractivity (Wildman–Crippen MR) is 60.3 cm³/mol. The molecule has 1 aliphatic rings. The molecule has 0 radical (unpaired) electrons. The van der Waals surface area contributed by atoms with Gasteiger partial charge in [-0.05, 0) is 30.5 Å². The summed E-state index contributed by atoms with van der Waals surface area (Å²) >= 11 is 0. The lowest BCUT2D eigenvalue weighted by Gasteiger charge is -2.28. The minimum atomic E-state index is -0.590. The third-order valence-electron chi connectivity index (χ3n) is 2.90. The average Bonchev–Trinajstić information content (AvgIpc) is 2.25. The first-order valence-electron chi connectivity index (χ1n) is 5.45. The van der Waals surface area contributed by atoms with Gasteiger partial charge in [-0.1, -0.05) is 12.1 Å². The van der Waals surface area contributed by atoms with Gasteiger partial charge in [0, 0.05) is 25.3 Å². The van der Waals surface area contributed by atoms with Crippen molar-refractivity contribution in [1.29, 1.82) is 0 Å². The molecule has 1 aromatic rings. The van der Waals surface area contributed by atoms with Crippen LogP contribution in [-0.4, -0.2) is 24.2 Å². The summed E-state index contributed by atoms with van der Waals surface area (Å²) in [6, 6.07) is 7.90. The van der Waals surface area contributed by atoms with Crippen LogP contribution < -0.4 is 5.73 Å². The van der Waals surface area contributed by atoms with Gasteiger partial charge < -0.3 is 5.73 Å². The quantitative estimate of drug-likeness (QED) is 0.755. The van der Waals surface area contributed by atoms with Gasteiger partial charge in [-0.2, -0.15) is 0 Å². The molecule has 1 heterocycles. The van der Waals surface area contributed by atoms with Crippen molar-refractivity contribution in [2.24, 2.45) is 0 Å². The van der Waals surface area contributed by atoms with Crippen LogP contribution in [0, 0.1) is 0 Å². The zero-order valence-electron chi connectivity index (χ0n) is 8.82. The third kappa shape index (κ3) is 2.93. The SMILES string of the molecule is Nc1ccc(CN2CCC(F)CC2)cc1. The molecule has 1 fully saturated rings. The highest BCUT2D eigenvalue weighted by molar-refractivity contribution is 5.39. The van der Waals surface area contributed by atoms with Crippen molar-refractivity contribution in [3.05, 3.63) is 29.8 Å². The average molecular weight is 208 g/mol. The second-order valence-corrected chi connectivity index (χ2v) is 4.19. The zero-order chi connectivity index (χ0) is 10.7. The van der Waals surface area contributed by atoms with E-state index in [4.69, 9.17) is 5.73 Å². The number of benzene rings is 1. The van der Waals surface area contributed by atoms with Crippen LogP contribution in [-0.2, 0) is 6.54 Å². The lowest BCUT2D eigenvalue weighted by atomic mass is 10.1. The first-order valence-corrected chi connectivity index (χ1v) is 5.45. The summed E-state index contributed by atoms with van der Waals surface area (Å²) in [5.74, 6) is 0. The topological polar surface area (TPSA) is 29.3 Å². The van der Waals surface area contributed by atoms with E-state index in [1.54, 1.807) is 0 Å². The Labute approximate surface area is 89.9 Å². The Kier molecular flexibility index (Phi) is 3.21. The van der Waals surface area contributed by atoms with E-state index in [1.807, 2.05) is 24.3 Å². The van der Waals surface area contributed by atoms with Gasteiger partial charge in [0.1, 0.15) is 6.17 Å². The number of alkyl halides is 1. The Morgan fingerprint density at radius 2 is 1.80 bits per heavy atom. The van der Waals surface area contributed by atoms with Crippen LogP contribution in [0.25, 0.3) is 0 Å². The molecule has 0 atom stereocenters. The summed E-state index contributed by atoms with van der Waals surface area (Å²) in [6.45, 7) is 2.64. The summed E-state index contributed by atoms with van der Waals surface area (Å²) < 4.78 is 12.9. The van der Waals surface area contributed by atoms with Gasteiger partial charge in [0.05, 0.1) is 0 Å². The van der Waals surface area contributed by atoms with Crippen LogP contribution >= 0.6 is 0 Å². The number of rotatable bonds is 2. The monoisotopic (exact) mass is 208 g/mol. The molecule has 0 spiro atoms. The Morgan fingerprint density at radius 3 is 2.40 bits per heavy atom. The number of hydrogen-bond acceptors (Lipinski definition) is 2. The summed E-state index contributed by atoms with van der Waals surface area (Å²) in [7, 11) is 0. The molecule has 0 bridgehead atoms. The van der Waals surface area contributed by atoms with E-state index in [9.17, 15) is 4.39 Å². The maximum atomic E-state index is 12.9. The number of hydrogen-bond donors (Lipinski definition) is 1. The van der Waals surface area contributed by atoms with E-state index in [-0.39, 0.29) is 0 Å². The van der Waals surface area contributed by atoms with Gasteiger partial charge in [-0.25, -0.2) is 4.39 Å². The molecule has 2 nitrogen and oxygen atoms in total. The maximum Gasteiger partial charge on any atom is 0.103 e. The number of halogens is 1. The lowest BCUT2D eigenvalue weighted by molar-refractivity contribution is 0.145. The third-order valence-corrected chi connectivity index (χ3v) is 2.90. The number of anilines is 1. The Hall–Kier alpha value is -1.09. The van der Waals surface area contributed by atoms with E-state index >= 15 is 0 Å². The van der Waals surface area contributed by atoms with Crippen molar-refractivity contribution in [3.8, 4) is 0 Å². The molecule has 15 heavy (non-hydrogen) atoms. The Bertz CT molecular complexity index is 302. The molecule has 2 N–H and O–H groups in total. The van der Waals surface area contributed by atoms with Crippen molar-refractivity contribution in [2.75, 3.05) is 18.8 Å². The second-order valence-electron chi connectivity index (χ2n) is 4.19. The van der Waals surface area contributed by atoms with Crippen molar-refractivity contribution in [3.63, 3.8) is 0 Å². The number of piperidine rings is 1. The van der Waals surface area contributed by atoms with Crippen LogP contribution in [0.4, 0.5) is 10.1 Å². The van der Waals surface area contributed by atoms with E-state index in [2.05, 4.69) is 4.90 Å². The smallest absolute Gasteiger partial charge is 0.103 e. The zero-order valence-corrected chi connectivity index (χ0v) is 8.82. The fraction of sp³-hybridized carbons (Fsp3) is 0.500. The summed E-state index contributed by atoms with van der Waals surface area (Å²) in [5, 5.41) is 0. The number of nitrogen functional groups attached to an aromatic ring is 1. The molecule has 1 saturated heterocycles. The largest absolute Gasteiger partial charge is 0.399 e. The second kappa shape index (κ2) is 4.62. The van der Waals surface area contributed by atoms with Crippen molar-refractivity contribution in [1.82, 2.24) is 4.90 Å². The highest BCUT2D eigenvalue weighted by Gasteiger charge is 2.17. The predicted octanol–water partition coefficient (Wildman–Crippen LogP) is 2.20. The van der Waals surface area contributed by atoms with E-state index < -0.39 is 6.17 Å². The van der Waals surface area contributed by atoms with Crippen LogP contribution in [0.1, 0.15) is 18.4 Å². The Morgan fingerprint density at radius 1 is 1.20 bits per heavy atom. The number of likely N-dealkylation sites (tertiary alicyclic amines) is 1. The molecule has 1 aromatic carbocycles. The van der Waals surface area contributed by atoms with Gasteiger partial charge in [-0.15, -0.1) is 0 Å². The highest BCUT2D eigenvalue weighted by atomic mass is 19.1. The summed E-state index contributed by atoms with van der Waals surface area (Å²) in [6.07, 6.45) is 0.761. The summed E-state index contributed by atoms with van der Waals surface area (Å²) in [5.41, 5.74) is 7.66. The van der Waals surface area contributed by atoms with Gasteiger partial charge >= 0.3 is 0 Å². The van der Waals surface area contributed by atoms with Gasteiger partial charge in [0.25, 0.3) is 0 Å². The van der Waals surface area contributed by atoms with Crippen LogP contribution in [0.5, 0.6) is 0 Å². The molecule has 3 heteroatoms. The number of nitrogens with zero attached hydrogens (tertiary/aromatic N) is 1. The molecule has 2 rings (SSSR count). The molecule has 0 saturated carbocycles. The first kappa shape index (κ1) is 10.4. The van der Waals surface area contributed by atoms with E-state index in [0.29, 0.717) is 12.8 Å². The van der Waals surface area contributed by atoms with Crippen molar-refractivity contribution in [2.45, 2.75) is 25.6 Å². The van der Waals surface area contributed by atoms with Gasteiger partial charge in [0.15, 0.2) is 0 Å². The standard InChI is InChI=1S/C12H17FN2/c13-11-5-7-15(8-6-11)9-10-1-3-12(14)4-2-10/h1-4,11H,5-9,14H2. The fourth-order valence-corrected chi connectivity index (χ4v) is 1.94. The van der Waals surface area contributed by atoms with Crippen molar-refractivity contribution >= 4 is 5.69 Å². The normalized spacial score (nSPS) is 19.3. The molecule has 0 amide bonds. The van der Waals surface area contributed by atoms with Crippen LogP contribution in [0.15, 0.2) is 24.3 Å². The molecule has 0 aromatic heterocycles. The van der Waals surface area contributed by atoms with E-state index in [1.165, 1.54) is 5.56 Å². The van der Waals surface area contributed by atoms with Gasteiger partial charge in [-0.3, -0.25) is 4.90 Å². The molecular weight excluding hydrogens is 191 g/mol.